The molecule has 5 atom stereocenters. The molecule has 260 valence electrons. The number of amides is 2. The van der Waals surface area contributed by atoms with Crippen LogP contribution in [0.1, 0.15) is 31.7 Å². The Bertz CT molecular complexity index is 2030. The van der Waals surface area contributed by atoms with E-state index in [1.54, 1.807) is 41.3 Å². The zero-order valence-electron chi connectivity index (χ0n) is 29.0. The average molecular weight is 693 g/mol. The van der Waals surface area contributed by atoms with Gasteiger partial charge in [-0.15, -0.1) is 6.58 Å². The van der Waals surface area contributed by atoms with Crippen molar-refractivity contribution in [3.05, 3.63) is 101 Å². The van der Waals surface area contributed by atoms with Gasteiger partial charge in [-0.3, -0.25) is 14.4 Å². The van der Waals surface area contributed by atoms with Gasteiger partial charge in [-0.2, -0.15) is 9.78 Å². The molecular weight excluding hydrogens is 649 g/mol. The van der Waals surface area contributed by atoms with E-state index in [9.17, 15) is 19.5 Å². The number of hydrogen-bond acceptors (Lipinski definition) is 7. The molecule has 1 spiro atoms. The minimum absolute atomic E-state index is 0.0744. The summed E-state index contributed by atoms with van der Waals surface area (Å²) in [6.07, 6.45) is 4.48. The van der Waals surface area contributed by atoms with Gasteiger partial charge in [-0.1, -0.05) is 61.6 Å². The molecule has 3 aromatic carbocycles. The van der Waals surface area contributed by atoms with Crippen molar-refractivity contribution in [1.82, 2.24) is 14.7 Å². The van der Waals surface area contributed by atoms with Crippen molar-refractivity contribution in [3.8, 4) is 11.4 Å². The molecule has 10 nitrogen and oxygen atoms in total. The van der Waals surface area contributed by atoms with Gasteiger partial charge in [-0.25, -0.2) is 0 Å². The molecule has 2 saturated heterocycles. The molecule has 2 amide bonds. The van der Waals surface area contributed by atoms with Gasteiger partial charge in [0, 0.05) is 30.0 Å². The van der Waals surface area contributed by atoms with E-state index in [2.05, 4.69) is 43.8 Å². The second-order valence-corrected chi connectivity index (χ2v) is 19.0. The lowest BCUT2D eigenvalue weighted by Crippen LogP contribution is -2.52. The Labute approximate surface area is 292 Å². The molecule has 4 heterocycles. The van der Waals surface area contributed by atoms with Crippen molar-refractivity contribution in [2.75, 3.05) is 31.7 Å². The van der Waals surface area contributed by atoms with Crippen molar-refractivity contribution in [3.63, 3.8) is 0 Å². The fourth-order valence-electron chi connectivity index (χ4n) is 8.86. The number of aromatic nitrogens is 2. The third-order valence-corrected chi connectivity index (χ3v) is 15.7. The van der Waals surface area contributed by atoms with Crippen molar-refractivity contribution < 1.29 is 24.2 Å². The molecule has 0 aliphatic carbocycles. The maximum atomic E-state index is 14.9. The summed E-state index contributed by atoms with van der Waals surface area (Å²) in [6.45, 7) is 11.3. The zero-order valence-corrected chi connectivity index (χ0v) is 30.0. The van der Waals surface area contributed by atoms with Gasteiger partial charge >= 0.3 is 0 Å². The van der Waals surface area contributed by atoms with Crippen LogP contribution in [0, 0.1) is 5.92 Å². The minimum atomic E-state index is -2.50. The normalized spacial score (nSPS) is 24.7. The third-order valence-electron chi connectivity index (χ3n) is 11.4. The number of ether oxygens (including phenoxy) is 2. The van der Waals surface area contributed by atoms with Crippen LogP contribution in [0.3, 0.4) is 0 Å². The topological polar surface area (TPSA) is 114 Å². The molecule has 1 aromatic heterocycles. The summed E-state index contributed by atoms with van der Waals surface area (Å²) >= 11 is 0. The predicted octanol–water partition coefficient (Wildman–Crippen LogP) is 4.52. The number of carbonyl (C=O) groups is 2. The Balaban J connectivity index is 1.37. The van der Waals surface area contributed by atoms with Gasteiger partial charge < -0.3 is 24.4 Å². The summed E-state index contributed by atoms with van der Waals surface area (Å²) in [5, 5.41) is 17.0. The van der Waals surface area contributed by atoms with Crippen LogP contribution in [-0.4, -0.2) is 78.6 Å². The molecule has 3 aliphatic heterocycles. The maximum Gasteiger partial charge on any atom is 0.279 e. The monoisotopic (exact) mass is 692 g/mol. The van der Waals surface area contributed by atoms with Crippen LogP contribution in [-0.2, 0) is 19.9 Å². The van der Waals surface area contributed by atoms with Crippen molar-refractivity contribution >= 4 is 41.5 Å². The molecule has 4 aromatic rings. The SMILES string of the molecule is C=CCN1C(=O)[C@@]2(O[C@@H](CC(=O)N3CCC[C@H]3CO)[C@H]([Si](C)(C)c3ccc(OC)cc3)[C@H]2C)c2cc(-n3ncc4ccccc4c3=O)ccc21. The molecule has 2 fully saturated rings. The summed E-state index contributed by atoms with van der Waals surface area (Å²) in [5.41, 5.74) is 0.0408. The summed E-state index contributed by atoms with van der Waals surface area (Å²) in [5.74, 6) is 0.139. The van der Waals surface area contributed by atoms with E-state index in [1.165, 1.54) is 4.68 Å². The second kappa shape index (κ2) is 12.9. The first-order chi connectivity index (χ1) is 24.1. The maximum absolute atomic E-state index is 14.9. The summed E-state index contributed by atoms with van der Waals surface area (Å²) in [4.78, 5) is 46.1. The average Bonchev–Trinajstić information content (AvgIpc) is 3.79. The van der Waals surface area contributed by atoms with E-state index in [0.717, 1.165) is 29.2 Å². The summed E-state index contributed by atoms with van der Waals surface area (Å²) in [7, 11) is -0.860. The van der Waals surface area contributed by atoms with Gasteiger partial charge in [0.05, 0.1) is 63.3 Å². The molecular formula is C39H44N4O6Si. The highest BCUT2D eigenvalue weighted by Crippen LogP contribution is 2.60. The molecule has 0 unspecified atom stereocenters. The van der Waals surface area contributed by atoms with Gasteiger partial charge in [-0.05, 0) is 54.8 Å². The van der Waals surface area contributed by atoms with Crippen LogP contribution >= 0.6 is 0 Å². The van der Waals surface area contributed by atoms with Gasteiger partial charge in [0.25, 0.3) is 11.5 Å². The Hall–Kier alpha value is -4.58. The van der Waals surface area contributed by atoms with Gasteiger partial charge in [0.15, 0.2) is 5.60 Å². The first kappa shape index (κ1) is 33.9. The second-order valence-electron chi connectivity index (χ2n) is 14.3. The molecule has 0 saturated carbocycles. The van der Waals surface area contributed by atoms with Crippen molar-refractivity contribution in [1.29, 1.82) is 0 Å². The predicted molar refractivity (Wildman–Crippen MR) is 196 cm³/mol. The molecule has 0 radical (unpaired) electrons. The quantitative estimate of drug-likeness (QED) is 0.203. The van der Waals surface area contributed by atoms with E-state index in [1.807, 2.05) is 42.5 Å². The molecule has 3 aliphatic rings. The first-order valence-electron chi connectivity index (χ1n) is 17.3. The number of rotatable bonds is 9. The standard InChI is InChI=1S/C39H44N4O6Si/c1-6-19-42-33-18-13-27(43-37(46)31-12-8-7-10-26(31)23-40-43)21-32(33)39(38(42)47)25(2)36(50(4,5)30-16-14-29(48-3)15-17-30)34(49-39)22-35(45)41-20-9-11-28(41)24-44/h6-8,10,12-18,21,23,25,28,34,36,44H,1,9,11,19-20,22,24H2,2-5H3/t25-,28+,34+,36-,39+/m1/s1. The Morgan fingerprint density at radius 1 is 1.14 bits per heavy atom. The van der Waals surface area contributed by atoms with Gasteiger partial charge in [0.2, 0.25) is 5.91 Å². The van der Waals surface area contributed by atoms with Crippen LogP contribution < -0.4 is 20.4 Å². The number of aliphatic hydroxyl groups excluding tert-OH is 1. The lowest BCUT2D eigenvalue weighted by Gasteiger charge is -2.37. The Kier molecular flexibility index (Phi) is 8.78. The van der Waals surface area contributed by atoms with Crippen LogP contribution in [0.5, 0.6) is 5.75 Å². The number of fused-ring (bicyclic) bond motifs is 3. The number of methoxy groups -OCH3 is 1. The van der Waals surface area contributed by atoms with E-state index < -0.39 is 19.8 Å². The van der Waals surface area contributed by atoms with Crippen LogP contribution in [0.15, 0.2) is 90.4 Å². The molecule has 11 heteroatoms. The fraction of sp³-hybridized carbons (Fsp3) is 0.385. The van der Waals surface area contributed by atoms with Crippen LogP contribution in [0.4, 0.5) is 5.69 Å². The Morgan fingerprint density at radius 3 is 2.62 bits per heavy atom. The Morgan fingerprint density at radius 2 is 1.90 bits per heavy atom. The smallest absolute Gasteiger partial charge is 0.279 e. The van der Waals surface area contributed by atoms with Crippen LogP contribution in [0.2, 0.25) is 18.6 Å². The lowest BCUT2D eigenvalue weighted by molar-refractivity contribution is -0.149. The van der Waals surface area contributed by atoms with Crippen LogP contribution in [0.25, 0.3) is 16.5 Å². The number of likely N-dealkylation sites (tertiary alicyclic amines) is 1. The van der Waals surface area contributed by atoms with Crippen molar-refractivity contribution in [2.45, 2.75) is 62.6 Å². The number of aliphatic hydroxyl groups is 1. The highest BCUT2D eigenvalue weighted by molar-refractivity contribution is 6.91. The molecule has 7 rings (SSSR count). The van der Waals surface area contributed by atoms with E-state index in [0.29, 0.717) is 28.9 Å². The number of nitrogens with zero attached hydrogens (tertiary/aromatic N) is 4. The molecule has 50 heavy (non-hydrogen) atoms. The number of benzene rings is 3. The van der Waals surface area contributed by atoms with Crippen molar-refractivity contribution in [2.24, 2.45) is 5.92 Å². The summed E-state index contributed by atoms with van der Waals surface area (Å²) in [6, 6.07) is 20.7. The fourth-order valence-corrected chi connectivity index (χ4v) is 12.9. The largest absolute Gasteiger partial charge is 0.497 e. The number of hydrogen-bond donors (Lipinski definition) is 1. The number of anilines is 1. The summed E-state index contributed by atoms with van der Waals surface area (Å²) < 4.78 is 14.0. The van der Waals surface area contributed by atoms with E-state index in [4.69, 9.17) is 9.47 Å². The first-order valence-corrected chi connectivity index (χ1v) is 20.4. The highest BCUT2D eigenvalue weighted by Gasteiger charge is 2.66. The van der Waals surface area contributed by atoms with E-state index in [-0.39, 0.29) is 54.4 Å². The number of carbonyl (C=O) groups excluding carboxylic acids is 2. The molecule has 1 N–H and O–H groups in total. The highest BCUT2D eigenvalue weighted by atomic mass is 28.3. The lowest BCUT2D eigenvalue weighted by atomic mass is 9.82. The van der Waals surface area contributed by atoms with Gasteiger partial charge in [0.1, 0.15) is 5.75 Å². The minimum Gasteiger partial charge on any atom is -0.497 e. The zero-order chi connectivity index (χ0) is 35.4. The van der Waals surface area contributed by atoms with E-state index >= 15 is 0 Å². The third kappa shape index (κ3) is 5.21. The molecule has 0 bridgehead atoms.